The van der Waals surface area contributed by atoms with Crippen molar-refractivity contribution in [2.75, 3.05) is 11.9 Å². The number of ether oxygens (including phenoxy) is 1. The fourth-order valence-corrected chi connectivity index (χ4v) is 3.96. The molecule has 2 aromatic carbocycles. The molecule has 4 rings (SSSR count). The summed E-state index contributed by atoms with van der Waals surface area (Å²) in [4.78, 5) is 22.1. The third-order valence-electron chi connectivity index (χ3n) is 5.06. The average molecular weight is 528 g/mol. The van der Waals surface area contributed by atoms with Crippen LogP contribution in [0.15, 0.2) is 55.1 Å². The Morgan fingerprint density at radius 1 is 1.18 bits per heavy atom. The highest BCUT2D eigenvalue weighted by Gasteiger charge is 2.17. The highest BCUT2D eigenvalue weighted by Crippen LogP contribution is 2.36. The first-order valence-corrected chi connectivity index (χ1v) is 10.3. The molecule has 1 amide bonds. The van der Waals surface area contributed by atoms with E-state index in [2.05, 4.69) is 4.98 Å². The number of benzene rings is 2. The molecule has 10 heteroatoms. The first kappa shape index (κ1) is 26.7. The number of carbonyl (C=O) groups is 1. The Kier molecular flexibility index (Phi) is 8.97. The van der Waals surface area contributed by atoms with E-state index in [9.17, 15) is 4.79 Å². The lowest BCUT2D eigenvalue weighted by molar-refractivity contribution is -0.116. The number of hydrogen-bond donors (Lipinski definition) is 0. The molecule has 174 valence electrons. The van der Waals surface area contributed by atoms with Crippen LogP contribution < -0.4 is 9.64 Å². The van der Waals surface area contributed by atoms with Crippen LogP contribution in [0.4, 0.5) is 5.69 Å². The van der Waals surface area contributed by atoms with Crippen molar-refractivity contribution < 1.29 is 9.53 Å². The number of hydrogen-bond acceptors (Lipinski definition) is 4. The maximum Gasteiger partial charge on any atom is 0.223 e. The van der Waals surface area contributed by atoms with Crippen LogP contribution in [0.5, 0.6) is 5.75 Å². The van der Waals surface area contributed by atoms with Gasteiger partial charge in [-0.25, -0.2) is 9.97 Å². The Morgan fingerprint density at radius 3 is 2.61 bits per heavy atom. The van der Waals surface area contributed by atoms with Gasteiger partial charge in [-0.15, -0.1) is 24.8 Å². The van der Waals surface area contributed by atoms with E-state index in [1.54, 1.807) is 31.7 Å². The van der Waals surface area contributed by atoms with E-state index in [0.717, 1.165) is 22.3 Å². The molecule has 4 aromatic rings. The summed E-state index contributed by atoms with van der Waals surface area (Å²) >= 11 is 13.0. The summed E-state index contributed by atoms with van der Waals surface area (Å²) in [5.74, 6) is 0.483. The zero-order valence-corrected chi connectivity index (χ0v) is 21.2. The maximum absolute atomic E-state index is 11.8. The number of pyridine rings is 1. The highest BCUT2D eigenvalue weighted by molar-refractivity contribution is 6.38. The summed E-state index contributed by atoms with van der Waals surface area (Å²) in [6.45, 7) is 3.54. The van der Waals surface area contributed by atoms with Crippen LogP contribution in [0.2, 0.25) is 10.0 Å². The lowest BCUT2D eigenvalue weighted by Gasteiger charge is -2.20. The minimum atomic E-state index is -0.128. The zero-order chi connectivity index (χ0) is 22.1. The third kappa shape index (κ3) is 5.36. The molecule has 2 heterocycles. The van der Waals surface area contributed by atoms with Gasteiger partial charge in [-0.05, 0) is 31.2 Å². The molecule has 0 saturated heterocycles. The smallest absolute Gasteiger partial charge is 0.223 e. The molecule has 0 N–H and O–H groups in total. The van der Waals surface area contributed by atoms with E-state index in [1.807, 2.05) is 42.0 Å². The minimum Gasteiger partial charge on any atom is -0.487 e. The van der Waals surface area contributed by atoms with Crippen LogP contribution in [-0.2, 0) is 11.4 Å². The summed E-state index contributed by atoms with van der Waals surface area (Å²) in [5, 5.41) is 1.78. The second-order valence-corrected chi connectivity index (χ2v) is 7.92. The first-order chi connectivity index (χ1) is 14.9. The fraction of sp³-hybridized carbons (Fsp3) is 0.174. The summed E-state index contributed by atoms with van der Waals surface area (Å²) in [7, 11) is 1.66. The highest BCUT2D eigenvalue weighted by atomic mass is 35.5. The van der Waals surface area contributed by atoms with Gasteiger partial charge < -0.3 is 14.2 Å². The van der Waals surface area contributed by atoms with Gasteiger partial charge in [0.25, 0.3) is 0 Å². The van der Waals surface area contributed by atoms with E-state index in [-0.39, 0.29) is 37.3 Å². The Bertz CT molecular complexity index is 1280. The summed E-state index contributed by atoms with van der Waals surface area (Å²) in [5.41, 5.74) is 3.73. The molecule has 0 unspecified atom stereocenters. The molecular formula is C23H22Cl4N4O2. The van der Waals surface area contributed by atoms with E-state index in [4.69, 9.17) is 32.9 Å². The van der Waals surface area contributed by atoms with Gasteiger partial charge in [0.05, 0.1) is 22.7 Å². The van der Waals surface area contributed by atoms with Crippen LogP contribution in [-0.4, -0.2) is 27.5 Å². The fourth-order valence-electron chi connectivity index (χ4n) is 3.36. The predicted octanol–water partition coefficient (Wildman–Crippen LogP) is 6.44. The molecule has 0 saturated carbocycles. The van der Waals surface area contributed by atoms with Crippen molar-refractivity contribution in [3.8, 4) is 11.4 Å². The number of amides is 1. The number of halogens is 4. The average Bonchev–Trinajstić information content (AvgIpc) is 3.27. The molecule has 0 aliphatic rings. The molecule has 2 aromatic heterocycles. The number of fused-ring (bicyclic) bond motifs is 1. The van der Waals surface area contributed by atoms with Crippen molar-refractivity contribution >= 4 is 70.5 Å². The minimum absolute atomic E-state index is 0. The number of imidazole rings is 1. The molecule has 0 aliphatic carbocycles. The molecule has 0 spiro atoms. The van der Waals surface area contributed by atoms with Gasteiger partial charge in [0.1, 0.15) is 17.9 Å². The predicted molar refractivity (Wildman–Crippen MR) is 138 cm³/mol. The van der Waals surface area contributed by atoms with Crippen LogP contribution in [0.3, 0.4) is 0 Å². The molecule has 0 bridgehead atoms. The first-order valence-electron chi connectivity index (χ1n) is 9.59. The van der Waals surface area contributed by atoms with Gasteiger partial charge >= 0.3 is 0 Å². The second-order valence-electron chi connectivity index (χ2n) is 7.13. The molecule has 33 heavy (non-hydrogen) atoms. The summed E-state index contributed by atoms with van der Waals surface area (Å²) in [6.07, 6.45) is 5.37. The number of rotatable bonds is 5. The molecule has 6 nitrogen and oxygen atoms in total. The number of nitrogens with zero attached hydrogens (tertiary/aromatic N) is 4. The number of carbonyl (C=O) groups excluding carboxylic acids is 1. The van der Waals surface area contributed by atoms with Crippen molar-refractivity contribution in [2.45, 2.75) is 20.5 Å². The van der Waals surface area contributed by atoms with Crippen LogP contribution in [0, 0.1) is 6.92 Å². The molecule has 0 radical (unpaired) electrons. The lowest BCUT2D eigenvalue weighted by atomic mass is 10.1. The Hall–Kier alpha value is -2.51. The summed E-state index contributed by atoms with van der Waals surface area (Å²) in [6, 6.07) is 11.2. The van der Waals surface area contributed by atoms with Crippen molar-refractivity contribution in [1.29, 1.82) is 0 Å². The van der Waals surface area contributed by atoms with E-state index >= 15 is 0 Å². The Balaban J connectivity index is 0.00000193. The van der Waals surface area contributed by atoms with Gasteiger partial charge in [-0.3, -0.25) is 4.79 Å². The van der Waals surface area contributed by atoms with Gasteiger partial charge in [-0.1, -0.05) is 35.3 Å². The van der Waals surface area contributed by atoms with Gasteiger partial charge in [0.15, 0.2) is 0 Å². The van der Waals surface area contributed by atoms with Gasteiger partial charge in [-0.2, -0.15) is 0 Å². The Labute approximate surface area is 214 Å². The number of anilines is 1. The van der Waals surface area contributed by atoms with E-state index in [1.165, 1.54) is 11.8 Å². The van der Waals surface area contributed by atoms with Crippen molar-refractivity contribution in [3.63, 3.8) is 0 Å². The third-order valence-corrected chi connectivity index (χ3v) is 5.84. The normalized spacial score (nSPS) is 10.3. The zero-order valence-electron chi connectivity index (χ0n) is 18.1. The molecule has 0 aliphatic heterocycles. The van der Waals surface area contributed by atoms with Gasteiger partial charge in [0.2, 0.25) is 5.91 Å². The lowest BCUT2D eigenvalue weighted by Crippen LogP contribution is -2.23. The molecule has 0 fully saturated rings. The van der Waals surface area contributed by atoms with Crippen LogP contribution in [0.1, 0.15) is 18.2 Å². The van der Waals surface area contributed by atoms with Crippen molar-refractivity contribution in [1.82, 2.24) is 14.5 Å². The standard InChI is InChI=1S/C23H20Cl2N4O2.2ClH/c1-14-11-20(29-10-9-26-13-29)16-5-4-6-21(23(16)27-14)31-12-17-18(24)7-8-19(22(17)25)28(3)15(2)30;;/h4-11,13H,12H2,1-3H3;2*1H. The SMILES string of the molecule is CC(=O)N(C)c1ccc(Cl)c(COc2cccc3c(-n4ccnc4)cc(C)nc23)c1Cl.Cl.Cl. The number of para-hydroxylation sites is 1. The largest absolute Gasteiger partial charge is 0.487 e. The van der Waals surface area contributed by atoms with E-state index < -0.39 is 0 Å². The Morgan fingerprint density at radius 2 is 1.94 bits per heavy atom. The monoisotopic (exact) mass is 526 g/mol. The van der Waals surface area contributed by atoms with E-state index in [0.29, 0.717) is 27.0 Å². The quantitative estimate of drug-likeness (QED) is 0.299. The molecular weight excluding hydrogens is 506 g/mol. The van der Waals surface area contributed by atoms with Crippen molar-refractivity contribution in [2.24, 2.45) is 0 Å². The van der Waals surface area contributed by atoms with Crippen molar-refractivity contribution in [3.05, 3.63) is 76.4 Å². The van der Waals surface area contributed by atoms with Crippen LogP contribution in [0.25, 0.3) is 16.6 Å². The number of aromatic nitrogens is 3. The van der Waals surface area contributed by atoms with Crippen LogP contribution >= 0.6 is 48.0 Å². The topological polar surface area (TPSA) is 60.2 Å². The number of aryl methyl sites for hydroxylation is 1. The summed E-state index contributed by atoms with van der Waals surface area (Å²) < 4.78 is 8.07. The molecule has 0 atom stereocenters. The van der Waals surface area contributed by atoms with Gasteiger partial charge in [0, 0.05) is 48.0 Å². The second kappa shape index (κ2) is 11.1. The maximum atomic E-state index is 11.8.